The smallest absolute Gasteiger partial charge is 0.326 e. The Bertz CT molecular complexity index is 543. The van der Waals surface area contributed by atoms with Crippen molar-refractivity contribution in [1.82, 2.24) is 4.90 Å². The monoisotopic (exact) mass is 264 g/mol. The molecule has 0 bridgehead atoms. The molecule has 0 unspecified atom stereocenters. The minimum Gasteiger partial charge on any atom is -0.480 e. The van der Waals surface area contributed by atoms with E-state index in [1.165, 1.54) is 29.2 Å². The number of carbonyl (C=O) groups excluding carboxylic acids is 1. The lowest BCUT2D eigenvalue weighted by Gasteiger charge is -2.21. The van der Waals surface area contributed by atoms with Crippen LogP contribution in [0.25, 0.3) is 0 Å². The molecule has 0 saturated carbocycles. The number of carboxylic acids is 1. The lowest BCUT2D eigenvalue weighted by molar-refractivity contribution is -0.385. The molecule has 2 rings (SSSR count). The van der Waals surface area contributed by atoms with Crippen molar-refractivity contribution >= 4 is 17.6 Å². The van der Waals surface area contributed by atoms with Crippen LogP contribution in [0.15, 0.2) is 24.3 Å². The molecule has 1 aliphatic heterocycles. The number of nitrogens with zero attached hydrogens (tertiary/aromatic N) is 2. The molecule has 0 spiro atoms. The Morgan fingerprint density at radius 2 is 2.05 bits per heavy atom. The molecule has 1 amide bonds. The zero-order valence-electron chi connectivity index (χ0n) is 9.98. The number of likely N-dealkylation sites (tertiary alicyclic amines) is 1. The summed E-state index contributed by atoms with van der Waals surface area (Å²) in [6.07, 6.45) is 0.963. The van der Waals surface area contributed by atoms with Crippen molar-refractivity contribution in [3.05, 3.63) is 39.9 Å². The van der Waals surface area contributed by atoms with Crippen molar-refractivity contribution in [2.24, 2.45) is 0 Å². The van der Waals surface area contributed by atoms with Gasteiger partial charge in [0.1, 0.15) is 11.6 Å². The Morgan fingerprint density at radius 3 is 2.68 bits per heavy atom. The summed E-state index contributed by atoms with van der Waals surface area (Å²) >= 11 is 0. The number of para-hydroxylation sites is 1. The Kier molecular flexibility index (Phi) is 3.46. The number of aliphatic carboxylic acids is 1. The van der Waals surface area contributed by atoms with Gasteiger partial charge in [0.2, 0.25) is 0 Å². The molecular weight excluding hydrogens is 252 g/mol. The molecule has 7 heteroatoms. The summed E-state index contributed by atoms with van der Waals surface area (Å²) in [5, 5.41) is 19.9. The molecule has 1 fully saturated rings. The Hall–Kier alpha value is -2.44. The first kappa shape index (κ1) is 13.0. The topological polar surface area (TPSA) is 101 Å². The number of carbonyl (C=O) groups is 2. The van der Waals surface area contributed by atoms with Gasteiger partial charge in [0.25, 0.3) is 11.6 Å². The van der Waals surface area contributed by atoms with E-state index in [-0.39, 0.29) is 11.3 Å². The van der Waals surface area contributed by atoms with Crippen molar-refractivity contribution in [2.45, 2.75) is 18.9 Å². The Balaban J connectivity index is 2.34. The molecule has 1 atom stereocenters. The number of hydrogen-bond acceptors (Lipinski definition) is 4. The molecular formula is C12H12N2O5. The van der Waals surface area contributed by atoms with Gasteiger partial charge in [-0.1, -0.05) is 12.1 Å². The highest BCUT2D eigenvalue weighted by atomic mass is 16.6. The van der Waals surface area contributed by atoms with Crippen LogP contribution in [-0.4, -0.2) is 39.4 Å². The molecule has 0 aromatic heterocycles. The van der Waals surface area contributed by atoms with Gasteiger partial charge in [-0.2, -0.15) is 0 Å². The molecule has 7 nitrogen and oxygen atoms in total. The Labute approximate surface area is 108 Å². The van der Waals surface area contributed by atoms with Crippen molar-refractivity contribution in [3.63, 3.8) is 0 Å². The van der Waals surface area contributed by atoms with Gasteiger partial charge in [0, 0.05) is 12.6 Å². The summed E-state index contributed by atoms with van der Waals surface area (Å²) < 4.78 is 0. The highest BCUT2D eigenvalue weighted by Gasteiger charge is 2.36. The first-order valence-corrected chi connectivity index (χ1v) is 5.79. The van der Waals surface area contributed by atoms with E-state index in [1.807, 2.05) is 0 Å². The maximum absolute atomic E-state index is 12.2. The van der Waals surface area contributed by atoms with Gasteiger partial charge in [0.05, 0.1) is 4.92 Å². The molecule has 1 aromatic carbocycles. The highest BCUT2D eigenvalue weighted by Crippen LogP contribution is 2.25. The predicted octanol–water partition coefficient (Wildman–Crippen LogP) is 1.28. The van der Waals surface area contributed by atoms with Gasteiger partial charge in [-0.25, -0.2) is 4.79 Å². The third-order valence-corrected chi connectivity index (χ3v) is 3.13. The van der Waals surface area contributed by atoms with Gasteiger partial charge in [-0.05, 0) is 18.9 Å². The van der Waals surface area contributed by atoms with Gasteiger partial charge >= 0.3 is 5.97 Å². The molecule has 19 heavy (non-hydrogen) atoms. The lowest BCUT2D eigenvalue weighted by Crippen LogP contribution is -2.40. The van der Waals surface area contributed by atoms with E-state index < -0.39 is 22.8 Å². The summed E-state index contributed by atoms with van der Waals surface area (Å²) in [7, 11) is 0. The number of amides is 1. The molecule has 1 aromatic rings. The van der Waals surface area contributed by atoms with Gasteiger partial charge in [0.15, 0.2) is 0 Å². The maximum atomic E-state index is 12.2. The number of hydrogen-bond donors (Lipinski definition) is 1. The first-order chi connectivity index (χ1) is 9.02. The van der Waals surface area contributed by atoms with Crippen LogP contribution in [0.3, 0.4) is 0 Å². The molecule has 100 valence electrons. The Morgan fingerprint density at radius 1 is 1.37 bits per heavy atom. The van der Waals surface area contributed by atoms with Gasteiger partial charge in [-0.15, -0.1) is 0 Å². The third kappa shape index (κ3) is 2.40. The second-order valence-electron chi connectivity index (χ2n) is 4.27. The fraction of sp³-hybridized carbons (Fsp3) is 0.333. The van der Waals surface area contributed by atoms with E-state index in [0.29, 0.717) is 19.4 Å². The van der Waals surface area contributed by atoms with Gasteiger partial charge in [-0.3, -0.25) is 14.9 Å². The van der Waals surface area contributed by atoms with Crippen LogP contribution in [0.4, 0.5) is 5.69 Å². The van der Waals surface area contributed by atoms with Gasteiger partial charge < -0.3 is 10.0 Å². The third-order valence-electron chi connectivity index (χ3n) is 3.13. The largest absolute Gasteiger partial charge is 0.480 e. The highest BCUT2D eigenvalue weighted by molar-refractivity contribution is 6.00. The first-order valence-electron chi connectivity index (χ1n) is 5.79. The summed E-state index contributed by atoms with van der Waals surface area (Å²) in [5.74, 6) is -1.68. The van der Waals surface area contributed by atoms with Crippen LogP contribution >= 0.6 is 0 Å². The van der Waals surface area contributed by atoms with Crippen molar-refractivity contribution in [1.29, 1.82) is 0 Å². The zero-order chi connectivity index (χ0) is 14.0. The van der Waals surface area contributed by atoms with E-state index in [9.17, 15) is 19.7 Å². The van der Waals surface area contributed by atoms with E-state index in [2.05, 4.69) is 0 Å². The van der Waals surface area contributed by atoms with Crippen molar-refractivity contribution in [2.75, 3.05) is 6.54 Å². The zero-order valence-corrected chi connectivity index (χ0v) is 9.98. The van der Waals surface area contributed by atoms with E-state index in [4.69, 9.17) is 5.11 Å². The summed E-state index contributed by atoms with van der Waals surface area (Å²) in [5.41, 5.74) is -0.371. The van der Waals surface area contributed by atoms with Crippen LogP contribution in [0, 0.1) is 10.1 Å². The quantitative estimate of drug-likeness (QED) is 0.654. The fourth-order valence-electron chi connectivity index (χ4n) is 2.23. The normalized spacial score (nSPS) is 18.3. The summed E-state index contributed by atoms with van der Waals surface area (Å²) in [6, 6.07) is 4.67. The average Bonchev–Trinajstić information content (AvgIpc) is 2.87. The molecule has 1 heterocycles. The number of nitro groups is 1. The summed E-state index contributed by atoms with van der Waals surface area (Å²) in [4.78, 5) is 34.7. The van der Waals surface area contributed by atoms with E-state index in [1.54, 1.807) is 0 Å². The van der Waals surface area contributed by atoms with E-state index >= 15 is 0 Å². The van der Waals surface area contributed by atoms with Crippen LogP contribution in [0.5, 0.6) is 0 Å². The fourth-order valence-corrected chi connectivity index (χ4v) is 2.23. The molecule has 1 saturated heterocycles. The van der Waals surface area contributed by atoms with Crippen LogP contribution in [0.2, 0.25) is 0 Å². The lowest BCUT2D eigenvalue weighted by atomic mass is 10.1. The summed E-state index contributed by atoms with van der Waals surface area (Å²) in [6.45, 7) is 0.307. The second-order valence-corrected chi connectivity index (χ2v) is 4.27. The number of carboxylic acid groups (broad SMARTS) is 1. The maximum Gasteiger partial charge on any atom is 0.326 e. The number of nitro benzene ring substituents is 1. The molecule has 1 aliphatic rings. The van der Waals surface area contributed by atoms with Crippen LogP contribution in [0.1, 0.15) is 23.2 Å². The molecule has 0 radical (unpaired) electrons. The van der Waals surface area contributed by atoms with Crippen molar-refractivity contribution in [3.8, 4) is 0 Å². The standard InChI is InChI=1S/C12H12N2O5/c15-11(13-7-3-6-10(13)12(16)17)8-4-1-2-5-9(8)14(18)19/h1-2,4-5,10H,3,6-7H2,(H,16,17)/t10-/m1/s1. The van der Waals surface area contributed by atoms with Crippen molar-refractivity contribution < 1.29 is 19.6 Å². The molecule has 0 aliphatic carbocycles. The second kappa shape index (κ2) is 5.05. The predicted molar refractivity (Wildman–Crippen MR) is 64.8 cm³/mol. The van der Waals surface area contributed by atoms with Crippen LogP contribution < -0.4 is 0 Å². The number of benzene rings is 1. The average molecular weight is 264 g/mol. The number of rotatable bonds is 3. The van der Waals surface area contributed by atoms with Crippen LogP contribution in [-0.2, 0) is 4.79 Å². The van der Waals surface area contributed by atoms with E-state index in [0.717, 1.165) is 0 Å². The minimum atomic E-state index is -1.08. The SMILES string of the molecule is O=C(O)[C@H]1CCCN1C(=O)c1ccccc1[N+](=O)[O-]. The molecule has 1 N–H and O–H groups in total. The minimum absolute atomic E-state index is 0.0688.